The first kappa shape index (κ1) is 9.57. The van der Waals surface area contributed by atoms with Crippen LogP contribution in [0.4, 0.5) is 11.5 Å². The largest absolute Gasteiger partial charge is 0.352 e. The third-order valence-corrected chi connectivity index (χ3v) is 2.36. The molecule has 1 heterocycles. The molecule has 1 aliphatic rings. The Hall–Kier alpha value is -1.98. The maximum Gasteiger partial charge on any atom is 0.311 e. The van der Waals surface area contributed by atoms with Crippen LogP contribution in [0.1, 0.15) is 12.8 Å². The van der Waals surface area contributed by atoms with Crippen LogP contribution in [-0.2, 0) is 4.79 Å². The molecule has 0 saturated heterocycles. The molecule has 1 aromatic rings. The van der Waals surface area contributed by atoms with Gasteiger partial charge in [-0.15, -0.1) is 0 Å². The maximum absolute atomic E-state index is 10.7. The van der Waals surface area contributed by atoms with E-state index in [2.05, 4.69) is 10.3 Å². The fraction of sp³-hybridized carbons (Fsp3) is 0.333. The SMILES string of the molecule is O=CC1(Nc2ncccc2[N+](=O)[O-])CC1. The number of nitro groups is 1. The lowest BCUT2D eigenvalue weighted by atomic mass is 10.3. The van der Waals surface area contributed by atoms with Gasteiger partial charge in [0, 0.05) is 12.3 Å². The molecule has 2 rings (SSSR count). The third kappa shape index (κ3) is 1.78. The second kappa shape index (κ2) is 3.30. The van der Waals surface area contributed by atoms with Gasteiger partial charge in [0.15, 0.2) is 0 Å². The van der Waals surface area contributed by atoms with Crippen molar-refractivity contribution in [3.8, 4) is 0 Å². The summed E-state index contributed by atoms with van der Waals surface area (Å²) in [5.41, 5.74) is -0.732. The molecule has 0 aliphatic heterocycles. The van der Waals surface area contributed by atoms with E-state index in [1.54, 1.807) is 0 Å². The molecule has 0 aromatic carbocycles. The van der Waals surface area contributed by atoms with Gasteiger partial charge in [-0.2, -0.15) is 0 Å². The number of anilines is 1. The Morgan fingerprint density at radius 1 is 1.60 bits per heavy atom. The molecule has 1 aliphatic carbocycles. The van der Waals surface area contributed by atoms with E-state index in [0.717, 1.165) is 6.29 Å². The van der Waals surface area contributed by atoms with Crippen LogP contribution in [-0.4, -0.2) is 21.7 Å². The molecule has 1 N–H and O–H groups in total. The highest BCUT2D eigenvalue weighted by Gasteiger charge is 2.44. The topological polar surface area (TPSA) is 85.1 Å². The normalized spacial score (nSPS) is 16.8. The Balaban J connectivity index is 2.28. The Morgan fingerprint density at radius 2 is 2.33 bits per heavy atom. The maximum atomic E-state index is 10.7. The molecule has 0 radical (unpaired) electrons. The highest BCUT2D eigenvalue weighted by Crippen LogP contribution is 2.38. The molecular weight excluding hydrogens is 198 g/mol. The molecule has 6 heteroatoms. The summed E-state index contributed by atoms with van der Waals surface area (Å²) in [4.78, 5) is 24.7. The number of rotatable bonds is 4. The number of hydrogen-bond donors (Lipinski definition) is 1. The van der Waals surface area contributed by atoms with E-state index in [9.17, 15) is 14.9 Å². The average Bonchev–Trinajstić information content (AvgIpc) is 2.99. The van der Waals surface area contributed by atoms with E-state index in [1.807, 2.05) is 0 Å². The number of aldehydes is 1. The number of nitrogens with one attached hydrogen (secondary N) is 1. The van der Waals surface area contributed by atoms with Crippen molar-refractivity contribution in [3.05, 3.63) is 28.4 Å². The Labute approximate surface area is 85.5 Å². The molecule has 0 atom stereocenters. The zero-order valence-corrected chi connectivity index (χ0v) is 7.84. The quantitative estimate of drug-likeness (QED) is 0.454. The lowest BCUT2D eigenvalue weighted by Gasteiger charge is -2.10. The minimum Gasteiger partial charge on any atom is -0.352 e. The zero-order valence-electron chi connectivity index (χ0n) is 7.84. The van der Waals surface area contributed by atoms with Gasteiger partial charge in [-0.05, 0) is 18.9 Å². The average molecular weight is 207 g/mol. The van der Waals surface area contributed by atoms with Crippen molar-refractivity contribution < 1.29 is 9.72 Å². The smallest absolute Gasteiger partial charge is 0.311 e. The van der Waals surface area contributed by atoms with Crippen LogP contribution < -0.4 is 5.32 Å². The molecule has 1 fully saturated rings. The van der Waals surface area contributed by atoms with Crippen LogP contribution in [0.3, 0.4) is 0 Å². The number of nitrogens with zero attached hydrogens (tertiary/aromatic N) is 2. The van der Waals surface area contributed by atoms with Crippen molar-refractivity contribution in [2.45, 2.75) is 18.4 Å². The molecule has 1 saturated carbocycles. The summed E-state index contributed by atoms with van der Waals surface area (Å²) in [6.45, 7) is 0. The van der Waals surface area contributed by atoms with E-state index >= 15 is 0 Å². The number of pyridine rings is 1. The monoisotopic (exact) mass is 207 g/mol. The molecule has 15 heavy (non-hydrogen) atoms. The van der Waals surface area contributed by atoms with Gasteiger partial charge in [0.05, 0.1) is 10.5 Å². The second-order valence-corrected chi connectivity index (χ2v) is 3.53. The summed E-state index contributed by atoms with van der Waals surface area (Å²) in [6, 6.07) is 2.85. The molecule has 0 amide bonds. The number of aromatic nitrogens is 1. The molecule has 0 spiro atoms. The molecular formula is C9H9N3O3. The summed E-state index contributed by atoms with van der Waals surface area (Å²) in [7, 11) is 0. The van der Waals surface area contributed by atoms with E-state index < -0.39 is 10.5 Å². The first-order valence-corrected chi connectivity index (χ1v) is 4.51. The van der Waals surface area contributed by atoms with Gasteiger partial charge in [0.2, 0.25) is 5.82 Å². The van der Waals surface area contributed by atoms with Crippen molar-refractivity contribution in [1.29, 1.82) is 0 Å². The van der Waals surface area contributed by atoms with Crippen molar-refractivity contribution in [2.24, 2.45) is 0 Å². The van der Waals surface area contributed by atoms with Gasteiger partial charge in [-0.3, -0.25) is 10.1 Å². The fourth-order valence-electron chi connectivity index (χ4n) is 1.28. The fourth-order valence-corrected chi connectivity index (χ4v) is 1.28. The van der Waals surface area contributed by atoms with Gasteiger partial charge in [-0.1, -0.05) is 0 Å². The van der Waals surface area contributed by atoms with E-state index in [0.29, 0.717) is 12.8 Å². The first-order valence-electron chi connectivity index (χ1n) is 4.51. The molecule has 0 bridgehead atoms. The van der Waals surface area contributed by atoms with Crippen LogP contribution in [0.25, 0.3) is 0 Å². The molecule has 0 unspecified atom stereocenters. The van der Waals surface area contributed by atoms with Crippen LogP contribution in [0, 0.1) is 10.1 Å². The lowest BCUT2D eigenvalue weighted by molar-refractivity contribution is -0.384. The van der Waals surface area contributed by atoms with Crippen LogP contribution >= 0.6 is 0 Å². The summed E-state index contributed by atoms with van der Waals surface area (Å²) < 4.78 is 0. The summed E-state index contributed by atoms with van der Waals surface area (Å²) >= 11 is 0. The Bertz CT molecular complexity index is 415. The van der Waals surface area contributed by atoms with Crippen molar-refractivity contribution in [2.75, 3.05) is 5.32 Å². The lowest BCUT2D eigenvalue weighted by Crippen LogP contribution is -2.23. The predicted molar refractivity (Wildman–Crippen MR) is 52.5 cm³/mol. The van der Waals surface area contributed by atoms with Crippen LogP contribution in [0.2, 0.25) is 0 Å². The zero-order chi connectivity index (χ0) is 10.9. The molecule has 6 nitrogen and oxygen atoms in total. The standard InChI is InChI=1S/C9H9N3O3/c13-6-9(3-4-9)11-8-7(12(14)15)2-1-5-10-8/h1-2,5-6H,3-4H2,(H,10,11). The highest BCUT2D eigenvalue weighted by atomic mass is 16.6. The molecule has 1 aromatic heterocycles. The first-order chi connectivity index (χ1) is 7.17. The summed E-state index contributed by atoms with van der Waals surface area (Å²) in [5.74, 6) is 0.159. The van der Waals surface area contributed by atoms with Crippen LogP contribution in [0.15, 0.2) is 18.3 Å². The van der Waals surface area contributed by atoms with Crippen molar-refractivity contribution in [1.82, 2.24) is 4.98 Å². The van der Waals surface area contributed by atoms with Gasteiger partial charge in [-0.25, -0.2) is 4.98 Å². The van der Waals surface area contributed by atoms with Crippen molar-refractivity contribution >= 4 is 17.8 Å². The minimum absolute atomic E-state index is 0.106. The minimum atomic E-state index is -0.626. The third-order valence-electron chi connectivity index (χ3n) is 2.36. The highest BCUT2D eigenvalue weighted by molar-refractivity contribution is 5.76. The second-order valence-electron chi connectivity index (χ2n) is 3.53. The van der Waals surface area contributed by atoms with Gasteiger partial charge >= 0.3 is 5.69 Å². The number of carbonyl (C=O) groups is 1. The van der Waals surface area contributed by atoms with E-state index in [4.69, 9.17) is 0 Å². The van der Waals surface area contributed by atoms with Crippen LogP contribution in [0.5, 0.6) is 0 Å². The van der Waals surface area contributed by atoms with E-state index in [-0.39, 0.29) is 11.5 Å². The van der Waals surface area contributed by atoms with Gasteiger partial charge in [0.1, 0.15) is 6.29 Å². The Kier molecular flexibility index (Phi) is 2.11. The number of hydrogen-bond acceptors (Lipinski definition) is 5. The Morgan fingerprint density at radius 3 is 2.87 bits per heavy atom. The van der Waals surface area contributed by atoms with E-state index in [1.165, 1.54) is 18.3 Å². The van der Waals surface area contributed by atoms with Gasteiger partial charge < -0.3 is 10.1 Å². The van der Waals surface area contributed by atoms with Crippen molar-refractivity contribution in [3.63, 3.8) is 0 Å². The van der Waals surface area contributed by atoms with Gasteiger partial charge in [0.25, 0.3) is 0 Å². The number of carbonyl (C=O) groups excluding carboxylic acids is 1. The molecule has 78 valence electrons. The summed E-state index contributed by atoms with van der Waals surface area (Å²) in [5, 5.41) is 13.5. The summed E-state index contributed by atoms with van der Waals surface area (Å²) in [6.07, 6.45) is 3.63. The predicted octanol–water partition coefficient (Wildman–Crippen LogP) is 1.13.